The highest BCUT2D eigenvalue weighted by molar-refractivity contribution is 5.94. The summed E-state index contributed by atoms with van der Waals surface area (Å²) >= 11 is 0. The van der Waals surface area contributed by atoms with Gasteiger partial charge in [0.2, 0.25) is 11.8 Å². The van der Waals surface area contributed by atoms with Crippen LogP contribution >= 0.6 is 0 Å². The molecule has 0 aliphatic carbocycles. The van der Waals surface area contributed by atoms with Gasteiger partial charge in [-0.15, -0.1) is 13.2 Å². The van der Waals surface area contributed by atoms with Crippen LogP contribution in [0.2, 0.25) is 0 Å². The van der Waals surface area contributed by atoms with Crippen molar-refractivity contribution in [2.45, 2.75) is 31.3 Å². The maximum absolute atomic E-state index is 13.0. The Morgan fingerprint density at radius 1 is 1.27 bits per heavy atom. The van der Waals surface area contributed by atoms with Crippen LogP contribution < -0.4 is 20.9 Å². The Hall–Kier alpha value is -2.37. The smallest absolute Gasteiger partial charge is 0.406 e. The normalized spacial score (nSPS) is 29.4. The van der Waals surface area contributed by atoms with Crippen molar-refractivity contribution in [1.82, 2.24) is 15.8 Å². The zero-order chi connectivity index (χ0) is 21.3. The van der Waals surface area contributed by atoms with Crippen molar-refractivity contribution in [2.75, 3.05) is 31.6 Å². The molecular weight excluding hydrogens is 405 g/mol. The van der Waals surface area contributed by atoms with Crippen molar-refractivity contribution < 1.29 is 32.2 Å². The van der Waals surface area contributed by atoms with Crippen molar-refractivity contribution in [1.29, 1.82) is 0 Å². The largest absolute Gasteiger partial charge is 0.573 e. The fourth-order valence-corrected chi connectivity index (χ4v) is 4.28. The molecule has 2 amide bonds. The van der Waals surface area contributed by atoms with E-state index in [1.807, 2.05) is 0 Å². The number of rotatable bonds is 5. The van der Waals surface area contributed by atoms with Gasteiger partial charge in [-0.25, -0.2) is 5.43 Å². The Kier molecular flexibility index (Phi) is 5.85. The molecule has 3 N–H and O–H groups in total. The lowest BCUT2D eigenvalue weighted by atomic mass is 9.83. The topological polar surface area (TPSA) is 91.9 Å². The third kappa shape index (κ3) is 4.85. The average Bonchev–Trinajstić information content (AvgIpc) is 3.32. The van der Waals surface area contributed by atoms with Crippen molar-refractivity contribution in [2.24, 2.45) is 11.8 Å². The number of anilines is 1. The first-order valence-electron chi connectivity index (χ1n) is 9.84. The number of amides is 2. The minimum absolute atomic E-state index is 0.101. The van der Waals surface area contributed by atoms with E-state index in [9.17, 15) is 22.8 Å². The van der Waals surface area contributed by atoms with Crippen molar-refractivity contribution in [3.8, 4) is 5.75 Å². The lowest BCUT2D eigenvalue weighted by molar-refractivity contribution is -0.274. The van der Waals surface area contributed by atoms with Crippen LogP contribution in [0.1, 0.15) is 12.8 Å². The minimum atomic E-state index is -4.78. The van der Waals surface area contributed by atoms with Crippen LogP contribution in [0.5, 0.6) is 5.75 Å². The summed E-state index contributed by atoms with van der Waals surface area (Å²) in [4.78, 5) is 27.2. The summed E-state index contributed by atoms with van der Waals surface area (Å²) in [5, 5.41) is 2.73. The molecule has 3 fully saturated rings. The fourth-order valence-electron chi connectivity index (χ4n) is 4.28. The molecule has 0 saturated carbocycles. The van der Waals surface area contributed by atoms with Gasteiger partial charge in [0.15, 0.2) is 0 Å². The number of halogens is 3. The van der Waals surface area contributed by atoms with E-state index in [1.165, 1.54) is 12.1 Å². The molecule has 3 heterocycles. The molecule has 3 aliphatic heterocycles. The number of fused-ring (bicyclic) bond motifs is 1. The molecule has 0 aromatic heterocycles. The van der Waals surface area contributed by atoms with E-state index in [4.69, 9.17) is 4.74 Å². The molecule has 4 atom stereocenters. The van der Waals surface area contributed by atoms with Crippen LogP contribution in [0.15, 0.2) is 24.3 Å². The average molecular weight is 428 g/mol. The van der Waals surface area contributed by atoms with Crippen LogP contribution in [0, 0.1) is 11.8 Å². The van der Waals surface area contributed by atoms with Gasteiger partial charge in [-0.2, -0.15) is 0 Å². The number of carbonyl (C=O) groups excluding carboxylic acids is 2. The van der Waals surface area contributed by atoms with Crippen molar-refractivity contribution in [3.05, 3.63) is 24.3 Å². The van der Waals surface area contributed by atoms with Gasteiger partial charge in [0.05, 0.1) is 24.0 Å². The maximum Gasteiger partial charge on any atom is 0.573 e. The lowest BCUT2D eigenvalue weighted by Crippen LogP contribution is -2.56. The van der Waals surface area contributed by atoms with Crippen LogP contribution in [0.4, 0.5) is 18.9 Å². The quantitative estimate of drug-likeness (QED) is 0.654. The molecule has 164 valence electrons. The second kappa shape index (κ2) is 8.40. The van der Waals surface area contributed by atoms with E-state index in [0.29, 0.717) is 25.3 Å². The monoisotopic (exact) mass is 428 g/mol. The first-order valence-corrected chi connectivity index (χ1v) is 9.84. The van der Waals surface area contributed by atoms with Crippen LogP contribution in [0.3, 0.4) is 0 Å². The number of carbonyl (C=O) groups is 2. The number of hydrazine groups is 1. The summed E-state index contributed by atoms with van der Waals surface area (Å²) in [7, 11) is 0. The van der Waals surface area contributed by atoms with E-state index >= 15 is 0 Å². The van der Waals surface area contributed by atoms with Gasteiger partial charge in [0, 0.05) is 31.9 Å². The molecule has 1 aromatic carbocycles. The first-order chi connectivity index (χ1) is 14.3. The van der Waals surface area contributed by atoms with Gasteiger partial charge in [-0.3, -0.25) is 19.9 Å². The molecule has 3 saturated heterocycles. The highest BCUT2D eigenvalue weighted by Crippen LogP contribution is 2.29. The molecule has 0 radical (unpaired) electrons. The molecule has 1 aromatic rings. The van der Waals surface area contributed by atoms with Crippen LogP contribution in [-0.4, -0.2) is 61.5 Å². The summed E-state index contributed by atoms with van der Waals surface area (Å²) in [5.74, 6) is -1.71. The molecule has 3 aliphatic rings. The first kappa shape index (κ1) is 20.9. The van der Waals surface area contributed by atoms with Gasteiger partial charge in [-0.1, -0.05) is 0 Å². The van der Waals surface area contributed by atoms with Crippen LogP contribution in [0.25, 0.3) is 0 Å². The second-order valence-electron chi connectivity index (χ2n) is 7.79. The summed E-state index contributed by atoms with van der Waals surface area (Å²) in [6.45, 7) is 2.37. The Labute approximate surface area is 171 Å². The Balaban J connectivity index is 1.42. The van der Waals surface area contributed by atoms with Crippen LogP contribution in [-0.2, 0) is 14.3 Å². The molecule has 4 unspecified atom stereocenters. The summed E-state index contributed by atoms with van der Waals surface area (Å²) < 4.78 is 46.4. The van der Waals surface area contributed by atoms with E-state index in [1.54, 1.807) is 0 Å². The minimum Gasteiger partial charge on any atom is -0.406 e. The van der Waals surface area contributed by atoms with Gasteiger partial charge in [-0.05, 0) is 37.1 Å². The predicted octanol–water partition coefficient (Wildman–Crippen LogP) is 1.25. The van der Waals surface area contributed by atoms with Crippen molar-refractivity contribution >= 4 is 17.5 Å². The third-order valence-electron chi connectivity index (χ3n) is 5.65. The Bertz CT molecular complexity index is 783. The van der Waals surface area contributed by atoms with Gasteiger partial charge in [0.25, 0.3) is 0 Å². The Morgan fingerprint density at radius 3 is 2.70 bits per heavy atom. The molecule has 4 rings (SSSR count). The maximum atomic E-state index is 13.0. The number of nitrogens with zero attached hydrogens (tertiary/aromatic N) is 1. The number of ether oxygens (including phenoxy) is 2. The predicted molar refractivity (Wildman–Crippen MR) is 99.2 cm³/mol. The number of nitrogens with one attached hydrogen (secondary N) is 3. The number of likely N-dealkylation sites (tertiary alicyclic amines) is 1. The molecule has 0 spiro atoms. The summed E-state index contributed by atoms with van der Waals surface area (Å²) in [5.41, 5.74) is 5.86. The second-order valence-corrected chi connectivity index (χ2v) is 7.79. The van der Waals surface area contributed by atoms with Gasteiger partial charge in [0.1, 0.15) is 5.75 Å². The van der Waals surface area contributed by atoms with E-state index in [-0.39, 0.29) is 35.6 Å². The fraction of sp³-hybridized carbons (Fsp3) is 0.579. The molecule has 30 heavy (non-hydrogen) atoms. The van der Waals surface area contributed by atoms with E-state index < -0.39 is 12.3 Å². The van der Waals surface area contributed by atoms with E-state index in [2.05, 4.69) is 25.8 Å². The zero-order valence-electron chi connectivity index (χ0n) is 16.1. The molecule has 11 heteroatoms. The SMILES string of the molecule is O=C1NNC2C1CN(CC1CCCO1)CC2C(=O)Nc1ccc(OC(F)(F)F)cc1. The number of hydrogen-bond acceptors (Lipinski definition) is 6. The van der Waals surface area contributed by atoms with Gasteiger partial charge < -0.3 is 14.8 Å². The lowest BCUT2D eigenvalue weighted by Gasteiger charge is -2.39. The summed E-state index contributed by atoms with van der Waals surface area (Å²) in [6, 6.07) is 4.60. The number of piperidine rings is 1. The van der Waals surface area contributed by atoms with E-state index in [0.717, 1.165) is 31.6 Å². The molecule has 8 nitrogen and oxygen atoms in total. The zero-order valence-corrected chi connectivity index (χ0v) is 16.1. The van der Waals surface area contributed by atoms with Crippen molar-refractivity contribution in [3.63, 3.8) is 0 Å². The number of alkyl halides is 3. The molecule has 0 bridgehead atoms. The molecular formula is C19H23F3N4O4. The van der Waals surface area contributed by atoms with Gasteiger partial charge >= 0.3 is 6.36 Å². The summed E-state index contributed by atoms with van der Waals surface area (Å²) in [6.07, 6.45) is -2.71. The number of hydrogen-bond donors (Lipinski definition) is 3. The highest BCUT2D eigenvalue weighted by atomic mass is 19.4. The highest BCUT2D eigenvalue weighted by Gasteiger charge is 2.47. The number of benzene rings is 1. The standard InChI is InChI=1S/C19H23F3N4O4/c20-19(21,22)30-12-5-3-11(4-6-12)23-17(27)14-9-26(8-13-2-1-7-29-13)10-15-16(14)24-25-18(15)28/h3-6,13-16,24H,1-2,7-10H2,(H,23,27)(H,25,28). The Morgan fingerprint density at radius 2 is 2.03 bits per heavy atom. The third-order valence-corrected chi connectivity index (χ3v) is 5.65.